The molecule has 0 unspecified atom stereocenters. The lowest BCUT2D eigenvalue weighted by Crippen LogP contribution is -1.88. The summed E-state index contributed by atoms with van der Waals surface area (Å²) in [6.07, 6.45) is 3.38. The maximum absolute atomic E-state index is 4.66. The van der Waals surface area contributed by atoms with Crippen LogP contribution in [0, 0.1) is 0 Å². The highest BCUT2D eigenvalue weighted by Crippen LogP contribution is 2.22. The standard InChI is InChI=1S/C16H15NS/c1-2-7-13(8-3-1)9-6-12-16-17-14-10-4-5-11-15(14)18-16/h1-5,7-8,10-11H,6,9,12H2. The van der Waals surface area contributed by atoms with Gasteiger partial charge in [0.15, 0.2) is 0 Å². The number of aryl methyl sites for hydroxylation is 2. The number of rotatable bonds is 4. The molecule has 0 bridgehead atoms. The van der Waals surface area contributed by atoms with Crippen molar-refractivity contribution in [3.63, 3.8) is 0 Å². The average molecular weight is 253 g/mol. The van der Waals surface area contributed by atoms with Crippen molar-refractivity contribution in [1.82, 2.24) is 4.98 Å². The molecule has 1 nitrogen and oxygen atoms in total. The molecular weight excluding hydrogens is 238 g/mol. The fraction of sp³-hybridized carbons (Fsp3) is 0.188. The second-order valence-electron chi connectivity index (χ2n) is 4.41. The molecule has 18 heavy (non-hydrogen) atoms. The molecule has 3 rings (SSSR count). The van der Waals surface area contributed by atoms with E-state index in [1.54, 1.807) is 0 Å². The van der Waals surface area contributed by atoms with Gasteiger partial charge in [0.1, 0.15) is 0 Å². The lowest BCUT2D eigenvalue weighted by Gasteiger charge is -1.98. The van der Waals surface area contributed by atoms with Crippen LogP contribution in [0.25, 0.3) is 10.2 Å². The van der Waals surface area contributed by atoms with E-state index >= 15 is 0 Å². The Hall–Kier alpha value is -1.67. The minimum absolute atomic E-state index is 1.08. The zero-order valence-electron chi connectivity index (χ0n) is 10.2. The van der Waals surface area contributed by atoms with Gasteiger partial charge in [-0.25, -0.2) is 4.98 Å². The van der Waals surface area contributed by atoms with E-state index in [-0.39, 0.29) is 0 Å². The van der Waals surface area contributed by atoms with Crippen molar-refractivity contribution < 1.29 is 0 Å². The molecule has 0 aliphatic heterocycles. The van der Waals surface area contributed by atoms with Crippen LogP contribution in [0.2, 0.25) is 0 Å². The first-order chi connectivity index (χ1) is 8.92. The molecule has 0 spiro atoms. The van der Waals surface area contributed by atoms with Crippen molar-refractivity contribution >= 4 is 21.6 Å². The molecule has 2 aromatic carbocycles. The summed E-state index contributed by atoms with van der Waals surface area (Å²) in [5.41, 5.74) is 2.55. The van der Waals surface area contributed by atoms with E-state index in [1.165, 1.54) is 21.7 Å². The Kier molecular flexibility index (Phi) is 3.37. The van der Waals surface area contributed by atoms with Crippen LogP contribution in [-0.4, -0.2) is 4.98 Å². The largest absolute Gasteiger partial charge is 0.241 e. The molecule has 3 aromatic rings. The SMILES string of the molecule is c1ccc(CCCc2nc3ccccc3s2)cc1. The number of hydrogen-bond acceptors (Lipinski definition) is 2. The molecule has 0 fully saturated rings. The van der Waals surface area contributed by atoms with Gasteiger partial charge in [-0.15, -0.1) is 11.3 Å². The molecule has 0 atom stereocenters. The Morgan fingerprint density at radius 3 is 2.44 bits per heavy atom. The number of thiazole rings is 1. The molecule has 0 aliphatic carbocycles. The number of hydrogen-bond donors (Lipinski definition) is 0. The van der Waals surface area contributed by atoms with Gasteiger partial charge in [-0.3, -0.25) is 0 Å². The van der Waals surface area contributed by atoms with Gasteiger partial charge in [-0.1, -0.05) is 42.5 Å². The van der Waals surface area contributed by atoms with Crippen LogP contribution in [0.15, 0.2) is 54.6 Å². The van der Waals surface area contributed by atoms with Gasteiger partial charge >= 0.3 is 0 Å². The fourth-order valence-corrected chi connectivity index (χ4v) is 3.12. The van der Waals surface area contributed by atoms with Crippen LogP contribution in [0.4, 0.5) is 0 Å². The summed E-state index contributed by atoms with van der Waals surface area (Å²) in [6.45, 7) is 0. The number of para-hydroxylation sites is 1. The van der Waals surface area contributed by atoms with Crippen molar-refractivity contribution in [2.45, 2.75) is 19.3 Å². The van der Waals surface area contributed by atoms with Crippen LogP contribution in [-0.2, 0) is 12.8 Å². The molecule has 1 aromatic heterocycles. The Labute approximate surface area is 111 Å². The quantitative estimate of drug-likeness (QED) is 0.668. The van der Waals surface area contributed by atoms with E-state index in [1.807, 2.05) is 11.3 Å². The number of fused-ring (bicyclic) bond motifs is 1. The van der Waals surface area contributed by atoms with E-state index in [9.17, 15) is 0 Å². The summed E-state index contributed by atoms with van der Waals surface area (Å²) in [7, 11) is 0. The van der Waals surface area contributed by atoms with E-state index in [2.05, 4.69) is 59.6 Å². The first-order valence-electron chi connectivity index (χ1n) is 6.30. The second kappa shape index (κ2) is 5.32. The van der Waals surface area contributed by atoms with E-state index < -0.39 is 0 Å². The Balaban J connectivity index is 1.63. The van der Waals surface area contributed by atoms with E-state index in [0.717, 1.165) is 18.4 Å². The van der Waals surface area contributed by atoms with Crippen molar-refractivity contribution in [1.29, 1.82) is 0 Å². The molecule has 2 heteroatoms. The smallest absolute Gasteiger partial charge is 0.0938 e. The summed E-state index contributed by atoms with van der Waals surface area (Å²) in [5, 5.41) is 1.26. The van der Waals surface area contributed by atoms with Gasteiger partial charge < -0.3 is 0 Å². The highest BCUT2D eigenvalue weighted by atomic mass is 32.1. The monoisotopic (exact) mass is 253 g/mol. The molecule has 0 amide bonds. The lowest BCUT2D eigenvalue weighted by atomic mass is 10.1. The molecule has 0 saturated heterocycles. The van der Waals surface area contributed by atoms with Crippen LogP contribution in [0.3, 0.4) is 0 Å². The van der Waals surface area contributed by atoms with Crippen LogP contribution < -0.4 is 0 Å². The highest BCUT2D eigenvalue weighted by molar-refractivity contribution is 7.18. The number of aromatic nitrogens is 1. The molecule has 1 heterocycles. The maximum Gasteiger partial charge on any atom is 0.0938 e. The second-order valence-corrected chi connectivity index (χ2v) is 5.53. The summed E-state index contributed by atoms with van der Waals surface area (Å²) in [5.74, 6) is 0. The number of nitrogens with zero attached hydrogens (tertiary/aromatic N) is 1. The predicted molar refractivity (Wildman–Crippen MR) is 78.1 cm³/mol. The van der Waals surface area contributed by atoms with Crippen LogP contribution in [0.1, 0.15) is 17.0 Å². The maximum atomic E-state index is 4.66. The molecule has 90 valence electrons. The Morgan fingerprint density at radius 1 is 0.833 bits per heavy atom. The Morgan fingerprint density at radius 2 is 1.61 bits per heavy atom. The van der Waals surface area contributed by atoms with Crippen molar-refractivity contribution in [2.75, 3.05) is 0 Å². The Bertz CT molecular complexity index is 595. The first kappa shape index (κ1) is 11.4. The highest BCUT2D eigenvalue weighted by Gasteiger charge is 2.02. The summed E-state index contributed by atoms with van der Waals surface area (Å²) in [4.78, 5) is 4.66. The lowest BCUT2D eigenvalue weighted by molar-refractivity contribution is 0.816. The molecular formula is C16H15NS. The third-order valence-corrected chi connectivity index (χ3v) is 4.13. The van der Waals surface area contributed by atoms with Crippen LogP contribution in [0.5, 0.6) is 0 Å². The van der Waals surface area contributed by atoms with E-state index in [0.29, 0.717) is 0 Å². The van der Waals surface area contributed by atoms with Gasteiger partial charge in [0.25, 0.3) is 0 Å². The minimum atomic E-state index is 1.08. The topological polar surface area (TPSA) is 12.9 Å². The summed E-state index contributed by atoms with van der Waals surface area (Å²) < 4.78 is 1.30. The zero-order valence-corrected chi connectivity index (χ0v) is 11.0. The van der Waals surface area contributed by atoms with Gasteiger partial charge in [0, 0.05) is 0 Å². The van der Waals surface area contributed by atoms with Crippen molar-refractivity contribution in [3.8, 4) is 0 Å². The molecule has 0 saturated carbocycles. The normalized spacial score (nSPS) is 10.9. The van der Waals surface area contributed by atoms with Gasteiger partial charge in [-0.05, 0) is 37.0 Å². The van der Waals surface area contributed by atoms with Crippen molar-refractivity contribution in [3.05, 3.63) is 65.2 Å². The van der Waals surface area contributed by atoms with Crippen LogP contribution >= 0.6 is 11.3 Å². The van der Waals surface area contributed by atoms with Gasteiger partial charge in [0.05, 0.1) is 15.2 Å². The summed E-state index contributed by atoms with van der Waals surface area (Å²) >= 11 is 1.82. The third-order valence-electron chi connectivity index (χ3n) is 3.04. The summed E-state index contributed by atoms with van der Waals surface area (Å²) in [6, 6.07) is 19.0. The van der Waals surface area contributed by atoms with Crippen molar-refractivity contribution in [2.24, 2.45) is 0 Å². The first-order valence-corrected chi connectivity index (χ1v) is 7.12. The van der Waals surface area contributed by atoms with E-state index in [4.69, 9.17) is 0 Å². The number of benzene rings is 2. The fourth-order valence-electron chi connectivity index (χ4n) is 2.12. The third kappa shape index (κ3) is 2.59. The zero-order chi connectivity index (χ0) is 12.2. The molecule has 0 radical (unpaired) electrons. The van der Waals surface area contributed by atoms with Gasteiger partial charge in [0.2, 0.25) is 0 Å². The average Bonchev–Trinajstić information content (AvgIpc) is 2.82. The van der Waals surface area contributed by atoms with Gasteiger partial charge in [-0.2, -0.15) is 0 Å². The molecule has 0 aliphatic rings. The predicted octanol–water partition coefficient (Wildman–Crippen LogP) is 4.47. The minimum Gasteiger partial charge on any atom is -0.241 e. The molecule has 0 N–H and O–H groups in total.